The number of alkyl halides is 1. The van der Waals surface area contributed by atoms with Gasteiger partial charge in [0.25, 0.3) is 0 Å². The quantitative estimate of drug-likeness (QED) is 0.748. The zero-order chi connectivity index (χ0) is 11.7. The third kappa shape index (κ3) is 2.02. The third-order valence-corrected chi connectivity index (χ3v) is 3.28. The van der Waals surface area contributed by atoms with Gasteiger partial charge in [0.1, 0.15) is 22.2 Å². The largest absolute Gasteiger partial charge is 0.468 e. The third-order valence-electron chi connectivity index (χ3n) is 2.37. The molecule has 4 heteroatoms. The maximum atomic E-state index is 13.5. The Morgan fingerprint density at radius 2 is 2.00 bits per heavy atom. The van der Waals surface area contributed by atoms with E-state index in [9.17, 15) is 8.78 Å². The van der Waals surface area contributed by atoms with Crippen molar-refractivity contribution in [3.8, 4) is 0 Å². The fraction of sp³-hybridized carbons (Fsp3) is 0.167. The van der Waals surface area contributed by atoms with E-state index in [0.717, 1.165) is 11.6 Å². The number of furan rings is 1. The second-order valence-electron chi connectivity index (χ2n) is 3.50. The lowest BCUT2D eigenvalue weighted by Crippen LogP contribution is -1.97. The maximum Gasteiger partial charge on any atom is 0.130 e. The van der Waals surface area contributed by atoms with E-state index in [0.29, 0.717) is 11.3 Å². The Morgan fingerprint density at radius 3 is 2.56 bits per heavy atom. The normalized spacial score (nSPS) is 12.8. The number of rotatable bonds is 2. The summed E-state index contributed by atoms with van der Waals surface area (Å²) in [4.78, 5) is -0.400. The van der Waals surface area contributed by atoms with Crippen LogP contribution in [0, 0.1) is 18.6 Å². The number of hydrogen-bond acceptors (Lipinski definition) is 1. The van der Waals surface area contributed by atoms with Gasteiger partial charge in [-0.1, -0.05) is 22.0 Å². The molecule has 0 aliphatic carbocycles. The van der Waals surface area contributed by atoms with Crippen LogP contribution in [-0.2, 0) is 0 Å². The summed E-state index contributed by atoms with van der Waals surface area (Å²) in [6, 6.07) is 5.30. The Kier molecular flexibility index (Phi) is 3.10. The van der Waals surface area contributed by atoms with Gasteiger partial charge in [-0.25, -0.2) is 8.78 Å². The van der Waals surface area contributed by atoms with E-state index in [2.05, 4.69) is 15.9 Å². The number of aryl methyl sites for hydroxylation is 1. The van der Waals surface area contributed by atoms with Crippen LogP contribution >= 0.6 is 15.9 Å². The van der Waals surface area contributed by atoms with E-state index in [1.54, 1.807) is 12.3 Å². The fourth-order valence-corrected chi connectivity index (χ4v) is 2.33. The standard InChI is InChI=1S/C12H9BrF2O/c1-7-4-5-16-12(7)11(13)9-3-2-8(14)6-10(9)15/h2-6,11H,1H3. The van der Waals surface area contributed by atoms with Gasteiger partial charge in [-0.15, -0.1) is 0 Å². The predicted molar refractivity (Wildman–Crippen MR) is 60.6 cm³/mol. The van der Waals surface area contributed by atoms with Crippen LogP contribution in [0.5, 0.6) is 0 Å². The topological polar surface area (TPSA) is 13.1 Å². The van der Waals surface area contributed by atoms with Crippen LogP contribution in [0.3, 0.4) is 0 Å². The molecule has 1 nitrogen and oxygen atoms in total. The molecule has 84 valence electrons. The Bertz CT molecular complexity index is 507. The first-order chi connectivity index (χ1) is 7.59. The Morgan fingerprint density at radius 1 is 1.25 bits per heavy atom. The Hall–Kier alpha value is -1.16. The monoisotopic (exact) mass is 286 g/mol. The summed E-state index contributed by atoms with van der Waals surface area (Å²) >= 11 is 3.34. The van der Waals surface area contributed by atoms with Crippen molar-refractivity contribution < 1.29 is 13.2 Å². The second-order valence-corrected chi connectivity index (χ2v) is 4.41. The summed E-state index contributed by atoms with van der Waals surface area (Å²) in [5, 5.41) is 0. The molecule has 1 aromatic carbocycles. The molecule has 0 saturated heterocycles. The molecular weight excluding hydrogens is 278 g/mol. The predicted octanol–water partition coefficient (Wildman–Crippen LogP) is 4.35. The highest BCUT2D eigenvalue weighted by atomic mass is 79.9. The average Bonchev–Trinajstić information content (AvgIpc) is 2.63. The molecule has 0 aliphatic heterocycles. The molecule has 1 unspecified atom stereocenters. The van der Waals surface area contributed by atoms with Gasteiger partial charge in [0.2, 0.25) is 0 Å². The summed E-state index contributed by atoms with van der Waals surface area (Å²) in [5.74, 6) is -0.541. The fourth-order valence-electron chi connectivity index (χ4n) is 1.49. The number of benzene rings is 1. The van der Waals surface area contributed by atoms with E-state index in [1.807, 2.05) is 6.92 Å². The minimum absolute atomic E-state index is 0.361. The molecule has 16 heavy (non-hydrogen) atoms. The zero-order valence-electron chi connectivity index (χ0n) is 8.51. The van der Waals surface area contributed by atoms with Gasteiger partial charge in [-0.05, 0) is 24.6 Å². The molecule has 0 radical (unpaired) electrons. The van der Waals surface area contributed by atoms with Gasteiger partial charge in [-0.2, -0.15) is 0 Å². The van der Waals surface area contributed by atoms with Crippen molar-refractivity contribution in [2.75, 3.05) is 0 Å². The number of hydrogen-bond donors (Lipinski definition) is 0. The van der Waals surface area contributed by atoms with E-state index in [1.165, 1.54) is 12.1 Å². The summed E-state index contributed by atoms with van der Waals surface area (Å²) in [5.41, 5.74) is 1.28. The van der Waals surface area contributed by atoms with Crippen LogP contribution in [0.4, 0.5) is 8.78 Å². The highest BCUT2D eigenvalue weighted by molar-refractivity contribution is 9.09. The smallest absolute Gasteiger partial charge is 0.130 e. The molecule has 1 heterocycles. The molecule has 0 spiro atoms. The molecule has 2 aromatic rings. The summed E-state index contributed by atoms with van der Waals surface area (Å²) in [6.07, 6.45) is 1.54. The SMILES string of the molecule is Cc1ccoc1C(Br)c1ccc(F)cc1F. The molecule has 0 N–H and O–H groups in total. The van der Waals surface area contributed by atoms with Crippen LogP contribution in [0.25, 0.3) is 0 Å². The van der Waals surface area contributed by atoms with Crippen LogP contribution in [-0.4, -0.2) is 0 Å². The highest BCUT2D eigenvalue weighted by Crippen LogP contribution is 2.34. The van der Waals surface area contributed by atoms with Crippen LogP contribution in [0.1, 0.15) is 21.7 Å². The van der Waals surface area contributed by atoms with Crippen molar-refractivity contribution in [2.24, 2.45) is 0 Å². The van der Waals surface area contributed by atoms with Crippen molar-refractivity contribution in [3.05, 3.63) is 59.1 Å². The first-order valence-electron chi connectivity index (χ1n) is 4.72. The van der Waals surface area contributed by atoms with Crippen molar-refractivity contribution in [1.82, 2.24) is 0 Å². The molecule has 0 bridgehead atoms. The van der Waals surface area contributed by atoms with Crippen LogP contribution < -0.4 is 0 Å². The zero-order valence-corrected chi connectivity index (χ0v) is 10.1. The van der Waals surface area contributed by atoms with Gasteiger partial charge in [0.15, 0.2) is 0 Å². The van der Waals surface area contributed by atoms with E-state index in [-0.39, 0.29) is 0 Å². The summed E-state index contributed by atoms with van der Waals surface area (Å²) in [7, 11) is 0. The van der Waals surface area contributed by atoms with E-state index < -0.39 is 16.5 Å². The molecule has 0 amide bonds. The lowest BCUT2D eigenvalue weighted by molar-refractivity contribution is 0.508. The minimum Gasteiger partial charge on any atom is -0.468 e. The highest BCUT2D eigenvalue weighted by Gasteiger charge is 2.19. The average molecular weight is 287 g/mol. The van der Waals surface area contributed by atoms with Crippen molar-refractivity contribution >= 4 is 15.9 Å². The van der Waals surface area contributed by atoms with E-state index in [4.69, 9.17) is 4.42 Å². The van der Waals surface area contributed by atoms with Crippen molar-refractivity contribution in [3.63, 3.8) is 0 Å². The van der Waals surface area contributed by atoms with Crippen LogP contribution in [0.15, 0.2) is 34.9 Å². The summed E-state index contributed by atoms with van der Waals surface area (Å²) in [6.45, 7) is 1.87. The van der Waals surface area contributed by atoms with Crippen molar-refractivity contribution in [1.29, 1.82) is 0 Å². The molecule has 2 rings (SSSR count). The first kappa shape index (κ1) is 11.3. The van der Waals surface area contributed by atoms with Gasteiger partial charge in [0, 0.05) is 11.6 Å². The number of halogens is 3. The molecule has 1 aromatic heterocycles. The second kappa shape index (κ2) is 4.37. The molecular formula is C12H9BrF2O. The van der Waals surface area contributed by atoms with Gasteiger partial charge >= 0.3 is 0 Å². The van der Waals surface area contributed by atoms with Gasteiger partial charge in [0.05, 0.1) is 6.26 Å². The molecule has 0 saturated carbocycles. The summed E-state index contributed by atoms with van der Waals surface area (Å²) < 4.78 is 31.5. The van der Waals surface area contributed by atoms with Crippen molar-refractivity contribution in [2.45, 2.75) is 11.8 Å². The lowest BCUT2D eigenvalue weighted by atomic mass is 10.1. The Labute approximate surface area is 100 Å². The van der Waals surface area contributed by atoms with E-state index >= 15 is 0 Å². The Balaban J connectivity index is 2.41. The van der Waals surface area contributed by atoms with Gasteiger partial charge < -0.3 is 4.42 Å². The maximum absolute atomic E-state index is 13.5. The lowest BCUT2D eigenvalue weighted by Gasteiger charge is -2.09. The molecule has 0 fully saturated rings. The minimum atomic E-state index is -0.586. The first-order valence-corrected chi connectivity index (χ1v) is 5.64. The molecule has 1 atom stereocenters. The molecule has 0 aliphatic rings. The van der Waals surface area contributed by atoms with Gasteiger partial charge in [-0.3, -0.25) is 0 Å². The van der Waals surface area contributed by atoms with Crippen LogP contribution in [0.2, 0.25) is 0 Å².